The van der Waals surface area contributed by atoms with Crippen molar-refractivity contribution in [2.45, 2.75) is 6.42 Å². The molecule has 1 saturated heterocycles. The molecule has 0 spiro atoms. The van der Waals surface area contributed by atoms with E-state index in [0.717, 1.165) is 15.8 Å². The van der Waals surface area contributed by atoms with Crippen LogP contribution in [-0.4, -0.2) is 38.1 Å². The van der Waals surface area contributed by atoms with Crippen molar-refractivity contribution in [1.29, 1.82) is 0 Å². The fourth-order valence-electron chi connectivity index (χ4n) is 3.75. The van der Waals surface area contributed by atoms with Crippen LogP contribution in [0.5, 0.6) is 0 Å². The number of hydrogen-bond donors (Lipinski definition) is 2. The molecule has 1 fully saturated rings. The van der Waals surface area contributed by atoms with Crippen molar-refractivity contribution in [1.82, 2.24) is 19.7 Å². The minimum atomic E-state index is -0.411. The highest BCUT2D eigenvalue weighted by molar-refractivity contribution is 9.10. The third kappa shape index (κ3) is 4.81. The van der Waals surface area contributed by atoms with Crippen molar-refractivity contribution in [3.05, 3.63) is 83.9 Å². The van der Waals surface area contributed by atoms with E-state index in [0.29, 0.717) is 23.9 Å². The number of carbonyl (C=O) groups excluding carboxylic acids is 2. The van der Waals surface area contributed by atoms with Crippen molar-refractivity contribution in [2.75, 3.05) is 22.1 Å². The van der Waals surface area contributed by atoms with Crippen LogP contribution in [0.3, 0.4) is 0 Å². The summed E-state index contributed by atoms with van der Waals surface area (Å²) < 4.78 is 2.54. The zero-order valence-corrected chi connectivity index (χ0v) is 19.5. The van der Waals surface area contributed by atoms with Crippen LogP contribution in [0.1, 0.15) is 6.42 Å². The molecule has 0 aliphatic carbocycles. The molecule has 0 saturated carbocycles. The first kappa shape index (κ1) is 21.8. The third-order valence-corrected chi connectivity index (χ3v) is 5.93. The number of rotatable bonds is 6. The van der Waals surface area contributed by atoms with Crippen molar-refractivity contribution >= 4 is 50.6 Å². The summed E-state index contributed by atoms with van der Waals surface area (Å²) in [5.41, 5.74) is 2.24. The van der Waals surface area contributed by atoms with E-state index in [1.54, 1.807) is 40.2 Å². The quantitative estimate of drug-likeness (QED) is 0.397. The van der Waals surface area contributed by atoms with Gasteiger partial charge < -0.3 is 15.5 Å². The number of nitrogens with one attached hydrogen (secondary N) is 2. The van der Waals surface area contributed by atoms with Crippen LogP contribution in [0.2, 0.25) is 0 Å². The maximum Gasteiger partial charge on any atom is 0.229 e. The van der Waals surface area contributed by atoms with Crippen LogP contribution in [0, 0.1) is 5.92 Å². The molecule has 2 amide bonds. The van der Waals surface area contributed by atoms with Gasteiger partial charge in [-0.3, -0.25) is 9.59 Å². The van der Waals surface area contributed by atoms with Crippen molar-refractivity contribution in [2.24, 2.45) is 5.92 Å². The van der Waals surface area contributed by atoms with Gasteiger partial charge in [-0.25, -0.2) is 14.6 Å². The Hall–Kier alpha value is -4.05. The van der Waals surface area contributed by atoms with Crippen molar-refractivity contribution < 1.29 is 9.59 Å². The normalized spacial score (nSPS) is 15.4. The molecule has 9 nitrogen and oxygen atoms in total. The fraction of sp³-hybridized carbons (Fsp3) is 0.125. The number of carbonyl (C=O) groups is 2. The zero-order valence-electron chi connectivity index (χ0n) is 17.9. The lowest BCUT2D eigenvalue weighted by molar-refractivity contribution is -0.122. The van der Waals surface area contributed by atoms with E-state index < -0.39 is 5.92 Å². The molecular weight excluding hydrogens is 498 g/mol. The summed E-state index contributed by atoms with van der Waals surface area (Å²) in [6.07, 6.45) is 5.14. The minimum Gasteiger partial charge on any atom is -0.340 e. The molecule has 0 bridgehead atoms. The highest BCUT2D eigenvalue weighted by atomic mass is 79.9. The average molecular weight is 518 g/mol. The topological polar surface area (TPSA) is 105 Å². The second-order valence-electron chi connectivity index (χ2n) is 7.79. The maximum absolute atomic E-state index is 12.8. The van der Waals surface area contributed by atoms with E-state index in [4.69, 9.17) is 0 Å². The van der Waals surface area contributed by atoms with E-state index in [1.165, 1.54) is 6.33 Å². The molecule has 1 atom stereocenters. The van der Waals surface area contributed by atoms with Gasteiger partial charge >= 0.3 is 0 Å². The molecule has 2 aromatic carbocycles. The summed E-state index contributed by atoms with van der Waals surface area (Å²) in [6, 6.07) is 18.4. The monoisotopic (exact) mass is 517 g/mol. The SMILES string of the molecule is O=C(Nc1ccc(Nc2cc(-n3cccn3)ncn2)cc1)[C@H]1CC(=O)N(c2cccc(Br)c2)C1. The Labute approximate surface area is 204 Å². The third-order valence-electron chi connectivity index (χ3n) is 5.43. The van der Waals surface area contributed by atoms with Crippen LogP contribution < -0.4 is 15.5 Å². The van der Waals surface area contributed by atoms with Gasteiger partial charge in [-0.15, -0.1) is 0 Å². The number of anilines is 4. The van der Waals surface area contributed by atoms with Crippen molar-refractivity contribution in [3.8, 4) is 5.82 Å². The van der Waals surface area contributed by atoms with E-state index in [1.807, 2.05) is 42.5 Å². The van der Waals surface area contributed by atoms with Gasteiger partial charge in [0.1, 0.15) is 12.1 Å². The van der Waals surface area contributed by atoms with E-state index in [9.17, 15) is 9.59 Å². The Morgan fingerprint density at radius 2 is 1.85 bits per heavy atom. The molecule has 170 valence electrons. The summed E-state index contributed by atoms with van der Waals surface area (Å²) >= 11 is 3.42. The molecular formula is C24H20BrN7O2. The fourth-order valence-corrected chi connectivity index (χ4v) is 4.14. The summed E-state index contributed by atoms with van der Waals surface area (Å²) in [7, 11) is 0. The van der Waals surface area contributed by atoms with E-state index >= 15 is 0 Å². The molecule has 1 aliphatic rings. The highest BCUT2D eigenvalue weighted by Gasteiger charge is 2.35. The number of nitrogens with zero attached hydrogens (tertiary/aromatic N) is 5. The summed E-state index contributed by atoms with van der Waals surface area (Å²) in [5, 5.41) is 10.3. The van der Waals surface area contributed by atoms with Crippen LogP contribution in [0.15, 0.2) is 83.9 Å². The molecule has 2 aromatic heterocycles. The predicted molar refractivity (Wildman–Crippen MR) is 132 cm³/mol. The van der Waals surface area contributed by atoms with E-state index in [2.05, 4.69) is 41.6 Å². The molecule has 0 radical (unpaired) electrons. The van der Waals surface area contributed by atoms with Crippen LogP contribution >= 0.6 is 15.9 Å². The van der Waals surface area contributed by atoms with Gasteiger partial charge in [-0.05, 0) is 48.5 Å². The summed E-state index contributed by atoms with van der Waals surface area (Å²) in [5.74, 6) is 0.623. The molecule has 10 heteroatoms. The van der Waals surface area contributed by atoms with E-state index in [-0.39, 0.29) is 18.2 Å². The minimum absolute atomic E-state index is 0.0582. The maximum atomic E-state index is 12.8. The van der Waals surface area contributed by atoms with Crippen LogP contribution in [0.4, 0.5) is 22.9 Å². The Kier molecular flexibility index (Phi) is 6.05. The Bertz CT molecular complexity index is 1330. The Morgan fingerprint density at radius 1 is 1.03 bits per heavy atom. The zero-order chi connectivity index (χ0) is 23.5. The number of aromatic nitrogens is 4. The lowest BCUT2D eigenvalue weighted by Gasteiger charge is -2.17. The van der Waals surface area contributed by atoms with Crippen LogP contribution in [-0.2, 0) is 9.59 Å². The summed E-state index contributed by atoms with van der Waals surface area (Å²) in [6.45, 7) is 0.354. The number of benzene rings is 2. The van der Waals surface area contributed by atoms with Crippen molar-refractivity contribution in [3.63, 3.8) is 0 Å². The molecule has 2 N–H and O–H groups in total. The standard InChI is InChI=1S/C24H20BrN7O2/c25-17-3-1-4-20(12-17)31-14-16(11-23(31)33)24(34)30-19-7-5-18(6-8-19)29-21-13-22(27-15-26-21)32-10-2-9-28-32/h1-10,12-13,15-16H,11,14H2,(H,30,34)(H,26,27,29)/t16-/m0/s1. The lowest BCUT2D eigenvalue weighted by atomic mass is 10.1. The molecule has 3 heterocycles. The molecule has 0 unspecified atom stereocenters. The van der Waals surface area contributed by atoms with Gasteiger partial charge in [0.15, 0.2) is 5.82 Å². The Balaban J connectivity index is 1.20. The lowest BCUT2D eigenvalue weighted by Crippen LogP contribution is -2.28. The van der Waals surface area contributed by atoms with Gasteiger partial charge in [0.2, 0.25) is 11.8 Å². The first-order chi connectivity index (χ1) is 16.5. The van der Waals surface area contributed by atoms with Gasteiger partial charge in [-0.2, -0.15) is 5.10 Å². The molecule has 34 heavy (non-hydrogen) atoms. The smallest absolute Gasteiger partial charge is 0.229 e. The first-order valence-electron chi connectivity index (χ1n) is 10.6. The predicted octanol–water partition coefficient (Wildman–Crippen LogP) is 4.16. The molecule has 4 aromatic rings. The van der Waals surface area contributed by atoms with Gasteiger partial charge in [0, 0.05) is 53.0 Å². The van der Waals surface area contributed by atoms with Crippen LogP contribution in [0.25, 0.3) is 5.82 Å². The second-order valence-corrected chi connectivity index (χ2v) is 8.70. The largest absolute Gasteiger partial charge is 0.340 e. The van der Waals surface area contributed by atoms with Gasteiger partial charge in [-0.1, -0.05) is 22.0 Å². The average Bonchev–Trinajstić information content (AvgIpc) is 3.51. The Morgan fingerprint density at radius 3 is 2.62 bits per heavy atom. The first-order valence-corrected chi connectivity index (χ1v) is 11.4. The number of amides is 2. The number of halogens is 1. The molecule has 5 rings (SSSR count). The summed E-state index contributed by atoms with van der Waals surface area (Å²) in [4.78, 5) is 35.4. The van der Waals surface area contributed by atoms with Gasteiger partial charge in [0.05, 0.1) is 5.92 Å². The second kappa shape index (κ2) is 9.44. The molecule has 1 aliphatic heterocycles. The number of hydrogen-bond acceptors (Lipinski definition) is 6. The highest BCUT2D eigenvalue weighted by Crippen LogP contribution is 2.28. The van der Waals surface area contributed by atoms with Gasteiger partial charge in [0.25, 0.3) is 0 Å².